The summed E-state index contributed by atoms with van der Waals surface area (Å²) in [5.41, 5.74) is -1.05. The molecule has 0 aromatic heterocycles. The Balaban J connectivity index is 1.86. The lowest BCUT2D eigenvalue weighted by Crippen LogP contribution is -2.55. The van der Waals surface area contributed by atoms with Crippen LogP contribution < -0.4 is 5.32 Å². The van der Waals surface area contributed by atoms with Gasteiger partial charge >= 0.3 is 12.0 Å². The zero-order valence-electron chi connectivity index (χ0n) is 15.3. The van der Waals surface area contributed by atoms with Gasteiger partial charge in [-0.1, -0.05) is 12.2 Å². The highest BCUT2D eigenvalue weighted by atomic mass is 16.5. The number of fused-ring (bicyclic) bond motifs is 2. The van der Waals surface area contributed by atoms with Crippen molar-refractivity contribution in [3.05, 3.63) is 12.2 Å². The van der Waals surface area contributed by atoms with Gasteiger partial charge in [-0.3, -0.25) is 4.79 Å². The largest absolute Gasteiger partial charge is 0.464 e. The first-order valence-corrected chi connectivity index (χ1v) is 9.24. The van der Waals surface area contributed by atoms with Crippen LogP contribution in [-0.4, -0.2) is 77.2 Å². The van der Waals surface area contributed by atoms with Crippen LogP contribution in [0.5, 0.6) is 0 Å². The Morgan fingerprint density at radius 3 is 2.96 bits per heavy atom. The van der Waals surface area contributed by atoms with Gasteiger partial charge in [0, 0.05) is 32.5 Å². The molecule has 4 atom stereocenters. The normalized spacial score (nSPS) is 36.0. The summed E-state index contributed by atoms with van der Waals surface area (Å²) in [5, 5.41) is 12.8. The van der Waals surface area contributed by atoms with Gasteiger partial charge in [0.2, 0.25) is 5.91 Å². The molecule has 2 heterocycles. The van der Waals surface area contributed by atoms with Gasteiger partial charge in [0.1, 0.15) is 11.6 Å². The first kappa shape index (κ1) is 18.7. The Hall–Kier alpha value is -2.09. The number of carbonyl (C=O) groups is 3. The lowest BCUT2D eigenvalue weighted by molar-refractivity contribution is -0.149. The third-order valence-corrected chi connectivity index (χ3v) is 5.39. The van der Waals surface area contributed by atoms with Gasteiger partial charge in [0.15, 0.2) is 0 Å². The number of nitrogens with zero attached hydrogens (tertiary/aromatic N) is 2. The van der Waals surface area contributed by atoms with Crippen molar-refractivity contribution in [1.29, 1.82) is 0 Å². The van der Waals surface area contributed by atoms with E-state index in [1.54, 1.807) is 18.9 Å². The van der Waals surface area contributed by atoms with Crippen LogP contribution in [0.1, 0.15) is 32.6 Å². The molecule has 0 aromatic carbocycles. The summed E-state index contributed by atoms with van der Waals surface area (Å²) in [5.74, 6) is -0.947. The minimum atomic E-state index is -1.05. The van der Waals surface area contributed by atoms with E-state index in [9.17, 15) is 19.5 Å². The third kappa shape index (κ3) is 3.42. The maximum atomic E-state index is 12.9. The van der Waals surface area contributed by atoms with Gasteiger partial charge in [-0.05, 0) is 26.2 Å². The lowest BCUT2D eigenvalue weighted by atomic mass is 10.1. The number of ether oxygens (including phenoxy) is 1. The smallest absolute Gasteiger partial charge is 0.332 e. The number of hydrogen-bond donors (Lipinski definition) is 2. The van der Waals surface area contributed by atoms with Crippen molar-refractivity contribution < 1.29 is 24.2 Å². The number of hydrogen-bond acceptors (Lipinski definition) is 5. The summed E-state index contributed by atoms with van der Waals surface area (Å²) in [6.07, 6.45) is 5.45. The molecule has 2 aliphatic heterocycles. The Labute approximate surface area is 153 Å². The highest BCUT2D eigenvalue weighted by molar-refractivity contribution is 5.95. The van der Waals surface area contributed by atoms with Crippen LogP contribution in [-0.2, 0) is 14.3 Å². The van der Waals surface area contributed by atoms with Crippen molar-refractivity contribution >= 4 is 17.9 Å². The van der Waals surface area contributed by atoms with Crippen molar-refractivity contribution in [3.63, 3.8) is 0 Å². The van der Waals surface area contributed by atoms with Crippen LogP contribution in [0.3, 0.4) is 0 Å². The zero-order valence-corrected chi connectivity index (χ0v) is 15.3. The molecule has 0 unspecified atom stereocenters. The summed E-state index contributed by atoms with van der Waals surface area (Å²) in [6, 6.07) is -1.06. The van der Waals surface area contributed by atoms with Gasteiger partial charge in [-0.15, -0.1) is 0 Å². The monoisotopic (exact) mass is 365 g/mol. The van der Waals surface area contributed by atoms with Gasteiger partial charge in [0.25, 0.3) is 0 Å². The molecule has 8 heteroatoms. The minimum Gasteiger partial charge on any atom is -0.464 e. The van der Waals surface area contributed by atoms with Crippen molar-refractivity contribution in [2.75, 3.05) is 26.7 Å². The van der Waals surface area contributed by atoms with E-state index >= 15 is 0 Å². The fourth-order valence-electron chi connectivity index (χ4n) is 3.81. The number of allylic oxidation sites excluding steroid dienone is 1. The van der Waals surface area contributed by atoms with E-state index in [1.165, 1.54) is 4.90 Å². The van der Waals surface area contributed by atoms with Crippen molar-refractivity contribution in [2.45, 2.75) is 50.3 Å². The van der Waals surface area contributed by atoms with E-state index in [-0.39, 0.29) is 31.5 Å². The second-order valence-corrected chi connectivity index (χ2v) is 7.32. The molecule has 2 N–H and O–H groups in total. The SMILES string of the molecule is CCOC(=O)[C@@]12C[C@H]1/C=C\CCCN(C)C(=O)N1C[C@@H](O)C[C@H]1C(=O)N2. The lowest BCUT2D eigenvalue weighted by Gasteiger charge is -2.29. The summed E-state index contributed by atoms with van der Waals surface area (Å²) < 4.78 is 5.17. The van der Waals surface area contributed by atoms with Crippen LogP contribution in [0.2, 0.25) is 0 Å². The predicted octanol–water partition coefficient (Wildman–Crippen LogP) is 0.261. The number of rotatable bonds is 2. The predicted molar refractivity (Wildman–Crippen MR) is 93.1 cm³/mol. The van der Waals surface area contributed by atoms with Crippen molar-refractivity contribution in [1.82, 2.24) is 15.1 Å². The number of amides is 3. The van der Waals surface area contributed by atoms with Crippen molar-refractivity contribution in [3.8, 4) is 0 Å². The molecule has 8 nitrogen and oxygen atoms in total. The van der Waals surface area contributed by atoms with Gasteiger partial charge < -0.3 is 25.0 Å². The summed E-state index contributed by atoms with van der Waals surface area (Å²) in [4.78, 5) is 41.0. The molecule has 144 valence electrons. The second-order valence-electron chi connectivity index (χ2n) is 7.32. The van der Waals surface area contributed by atoms with E-state index in [1.807, 2.05) is 12.2 Å². The second kappa shape index (κ2) is 7.26. The van der Waals surface area contributed by atoms with Crippen LogP contribution >= 0.6 is 0 Å². The summed E-state index contributed by atoms with van der Waals surface area (Å²) in [6.45, 7) is 2.66. The fourth-order valence-corrected chi connectivity index (χ4v) is 3.81. The Morgan fingerprint density at radius 1 is 1.46 bits per heavy atom. The Morgan fingerprint density at radius 2 is 2.23 bits per heavy atom. The molecule has 3 rings (SSSR count). The fraction of sp³-hybridized carbons (Fsp3) is 0.722. The van der Waals surface area contributed by atoms with Crippen LogP contribution in [0, 0.1) is 5.92 Å². The average Bonchev–Trinajstić information content (AvgIpc) is 3.15. The quantitative estimate of drug-likeness (QED) is 0.540. The van der Waals surface area contributed by atoms with Crippen LogP contribution in [0.25, 0.3) is 0 Å². The summed E-state index contributed by atoms with van der Waals surface area (Å²) in [7, 11) is 1.70. The number of nitrogens with one attached hydrogen (secondary N) is 1. The standard InChI is InChI=1S/C18H27N3O5/c1-3-26-16(24)18-10-12(18)7-5-4-6-8-20(2)17(25)21-11-13(22)9-14(21)15(23)19-18/h5,7,12-14,22H,3-4,6,8-11H2,1-2H3,(H,19,23)/b7-5-/t12-,13+,14+,18-/m1/s1. The molecule has 1 aliphatic carbocycles. The molecule has 0 radical (unpaired) electrons. The third-order valence-electron chi connectivity index (χ3n) is 5.39. The van der Waals surface area contributed by atoms with E-state index in [0.29, 0.717) is 13.0 Å². The minimum absolute atomic E-state index is 0.0977. The van der Waals surface area contributed by atoms with Crippen molar-refractivity contribution in [2.24, 2.45) is 5.92 Å². The van der Waals surface area contributed by atoms with Crippen LogP contribution in [0.15, 0.2) is 12.2 Å². The van der Waals surface area contributed by atoms with E-state index < -0.39 is 29.6 Å². The molecule has 3 aliphatic rings. The highest BCUT2D eigenvalue weighted by Crippen LogP contribution is 2.46. The number of urea groups is 1. The first-order chi connectivity index (χ1) is 12.4. The molecule has 2 fully saturated rings. The average molecular weight is 365 g/mol. The van der Waals surface area contributed by atoms with E-state index in [4.69, 9.17) is 4.74 Å². The molecular formula is C18H27N3O5. The summed E-state index contributed by atoms with van der Waals surface area (Å²) >= 11 is 0. The van der Waals surface area contributed by atoms with E-state index in [2.05, 4.69) is 5.32 Å². The number of esters is 1. The maximum absolute atomic E-state index is 12.9. The molecule has 26 heavy (non-hydrogen) atoms. The van der Waals surface area contributed by atoms with Gasteiger partial charge in [-0.2, -0.15) is 0 Å². The van der Waals surface area contributed by atoms with Gasteiger partial charge in [-0.25, -0.2) is 9.59 Å². The van der Waals surface area contributed by atoms with Gasteiger partial charge in [0.05, 0.1) is 12.7 Å². The highest BCUT2D eigenvalue weighted by Gasteiger charge is 2.62. The molecule has 0 bridgehead atoms. The number of aliphatic hydroxyl groups excluding tert-OH is 1. The Bertz CT molecular complexity index is 622. The molecule has 3 amide bonds. The number of aliphatic hydroxyl groups is 1. The topological polar surface area (TPSA) is 99.2 Å². The zero-order chi connectivity index (χ0) is 18.9. The molecular weight excluding hydrogens is 338 g/mol. The molecule has 0 spiro atoms. The maximum Gasteiger partial charge on any atom is 0.332 e. The first-order valence-electron chi connectivity index (χ1n) is 9.24. The molecule has 1 saturated heterocycles. The molecule has 1 saturated carbocycles. The number of carbonyl (C=O) groups excluding carboxylic acids is 3. The molecule has 0 aromatic rings. The van der Waals surface area contributed by atoms with E-state index in [0.717, 1.165) is 12.8 Å². The van der Waals surface area contributed by atoms with Crippen LogP contribution in [0.4, 0.5) is 4.79 Å². The Kier molecular flexibility index (Phi) is 5.22.